The molecule has 0 saturated heterocycles. The minimum absolute atomic E-state index is 0.829. The van der Waals surface area contributed by atoms with Crippen LogP contribution >= 0.6 is 0 Å². The minimum atomic E-state index is 0.829. The molecule has 2 heteroatoms. The highest BCUT2D eigenvalue weighted by molar-refractivity contribution is 5.92. The van der Waals surface area contributed by atoms with E-state index in [2.05, 4.69) is 109 Å². The number of hydrogen-bond acceptors (Lipinski definition) is 2. The molecule has 0 aliphatic rings. The van der Waals surface area contributed by atoms with Crippen molar-refractivity contribution < 1.29 is 9.47 Å². The van der Waals surface area contributed by atoms with Gasteiger partial charge in [0.2, 0.25) is 0 Å². The van der Waals surface area contributed by atoms with Crippen molar-refractivity contribution >= 4 is 33.7 Å². The third kappa shape index (κ3) is 6.60. The highest BCUT2D eigenvalue weighted by Gasteiger charge is 2.05. The van der Waals surface area contributed by atoms with E-state index >= 15 is 0 Å². The molecule has 8 rings (SSSR count). The van der Waals surface area contributed by atoms with Gasteiger partial charge in [-0.3, -0.25) is 0 Å². The van der Waals surface area contributed by atoms with Crippen molar-refractivity contribution in [2.75, 3.05) is 0 Å². The van der Waals surface area contributed by atoms with Gasteiger partial charge in [0, 0.05) is 0 Å². The van der Waals surface area contributed by atoms with Crippen LogP contribution in [0.4, 0.5) is 0 Å². The predicted octanol–water partition coefficient (Wildman–Crippen LogP) is 13.1. The molecule has 48 heavy (non-hydrogen) atoms. The maximum atomic E-state index is 5.96. The maximum absolute atomic E-state index is 5.96. The summed E-state index contributed by atoms with van der Waals surface area (Å²) in [4.78, 5) is 0. The molecule has 228 valence electrons. The number of fused-ring (bicyclic) bond motifs is 2. The SMILES string of the molecule is C(=Cc1ccc2cc(-c3ccc(Oc4ccccc4)cc3)ccc2c1)c1ccc2cc(-c3ccc(Oc4ccccc4)cc3)ccc2c1. The smallest absolute Gasteiger partial charge is 0.127 e. The molecular weight excluding hydrogens is 585 g/mol. The van der Waals surface area contributed by atoms with Gasteiger partial charge in [-0.25, -0.2) is 0 Å². The van der Waals surface area contributed by atoms with Crippen LogP contribution in [0.1, 0.15) is 11.1 Å². The largest absolute Gasteiger partial charge is 0.457 e. The lowest BCUT2D eigenvalue weighted by molar-refractivity contribution is 0.482. The summed E-state index contributed by atoms with van der Waals surface area (Å²) in [5, 5.41) is 4.87. The molecule has 0 atom stereocenters. The first-order valence-corrected chi connectivity index (χ1v) is 16.1. The molecule has 0 heterocycles. The molecule has 0 aliphatic carbocycles. The fraction of sp³-hybridized carbons (Fsp3) is 0. The van der Waals surface area contributed by atoms with Gasteiger partial charge in [-0.05, 0) is 128 Å². The molecule has 0 bridgehead atoms. The monoisotopic (exact) mass is 616 g/mol. The van der Waals surface area contributed by atoms with Crippen LogP contribution in [0.5, 0.6) is 23.0 Å². The van der Waals surface area contributed by atoms with Crippen LogP contribution in [0.25, 0.3) is 56.0 Å². The molecule has 0 spiro atoms. The Balaban J connectivity index is 0.943. The van der Waals surface area contributed by atoms with Crippen molar-refractivity contribution in [3.8, 4) is 45.3 Å². The number of rotatable bonds is 8. The molecule has 0 amide bonds. The maximum Gasteiger partial charge on any atom is 0.127 e. The predicted molar refractivity (Wildman–Crippen MR) is 201 cm³/mol. The summed E-state index contributed by atoms with van der Waals surface area (Å²) in [5.41, 5.74) is 7.05. The highest BCUT2D eigenvalue weighted by Crippen LogP contribution is 2.31. The third-order valence-corrected chi connectivity index (χ3v) is 8.53. The van der Waals surface area contributed by atoms with Crippen LogP contribution in [0, 0.1) is 0 Å². The van der Waals surface area contributed by atoms with E-state index in [0.717, 1.165) is 34.1 Å². The van der Waals surface area contributed by atoms with Gasteiger partial charge in [-0.2, -0.15) is 0 Å². The van der Waals surface area contributed by atoms with Gasteiger partial charge in [-0.1, -0.05) is 121 Å². The zero-order chi connectivity index (χ0) is 32.1. The van der Waals surface area contributed by atoms with Crippen LogP contribution in [-0.2, 0) is 0 Å². The van der Waals surface area contributed by atoms with Crippen LogP contribution in [0.3, 0.4) is 0 Å². The Morgan fingerprint density at radius 2 is 0.604 bits per heavy atom. The lowest BCUT2D eigenvalue weighted by atomic mass is 9.99. The molecule has 0 unspecified atom stereocenters. The molecule has 8 aromatic rings. The summed E-state index contributed by atoms with van der Waals surface area (Å²) in [7, 11) is 0. The van der Waals surface area contributed by atoms with Crippen LogP contribution in [0.15, 0.2) is 182 Å². The summed E-state index contributed by atoms with van der Waals surface area (Å²) >= 11 is 0. The molecule has 2 nitrogen and oxygen atoms in total. The van der Waals surface area contributed by atoms with Crippen molar-refractivity contribution in [3.05, 3.63) is 193 Å². The quantitative estimate of drug-likeness (QED) is 0.158. The normalized spacial score (nSPS) is 11.2. The first kappa shape index (κ1) is 29.1. The van der Waals surface area contributed by atoms with Gasteiger partial charge in [-0.15, -0.1) is 0 Å². The topological polar surface area (TPSA) is 18.5 Å². The fourth-order valence-corrected chi connectivity index (χ4v) is 5.97. The van der Waals surface area contributed by atoms with E-state index < -0.39 is 0 Å². The second-order valence-corrected chi connectivity index (χ2v) is 11.9. The summed E-state index contributed by atoms with van der Waals surface area (Å²) < 4.78 is 11.9. The van der Waals surface area contributed by atoms with Crippen LogP contribution in [0.2, 0.25) is 0 Å². The van der Waals surface area contributed by atoms with Gasteiger partial charge in [0.15, 0.2) is 0 Å². The van der Waals surface area contributed by atoms with Crippen molar-refractivity contribution in [1.82, 2.24) is 0 Å². The summed E-state index contributed by atoms with van der Waals surface area (Å²) in [6, 6.07) is 62.8. The molecule has 0 radical (unpaired) electrons. The van der Waals surface area contributed by atoms with Gasteiger partial charge in [0.1, 0.15) is 23.0 Å². The molecule has 0 fully saturated rings. The average molecular weight is 617 g/mol. The standard InChI is InChI=1S/C46H32O2/c1-3-7-43(8-4-1)47-45-25-21-35(22-26-45)39-19-17-37-29-33(13-15-41(37)31-39)11-12-34-14-16-42-32-40(20-18-38(42)30-34)36-23-27-46(28-24-36)48-44-9-5-2-6-10-44/h1-32H. The Bertz CT molecular complexity index is 2190. The lowest BCUT2D eigenvalue weighted by Gasteiger charge is -2.08. The van der Waals surface area contributed by atoms with Crippen LogP contribution < -0.4 is 9.47 Å². The second kappa shape index (κ2) is 13.2. The first-order chi connectivity index (χ1) is 23.7. The lowest BCUT2D eigenvalue weighted by Crippen LogP contribution is -1.85. The van der Waals surface area contributed by atoms with E-state index in [1.54, 1.807) is 0 Å². The molecule has 0 saturated carbocycles. The van der Waals surface area contributed by atoms with E-state index in [0.29, 0.717) is 0 Å². The van der Waals surface area contributed by atoms with Gasteiger partial charge in [0.05, 0.1) is 0 Å². The first-order valence-electron chi connectivity index (χ1n) is 16.1. The Labute approximate surface area is 280 Å². The number of hydrogen-bond donors (Lipinski definition) is 0. The van der Waals surface area contributed by atoms with E-state index in [-0.39, 0.29) is 0 Å². The van der Waals surface area contributed by atoms with Gasteiger partial charge < -0.3 is 9.47 Å². The van der Waals surface area contributed by atoms with Crippen molar-refractivity contribution in [2.24, 2.45) is 0 Å². The summed E-state index contributed by atoms with van der Waals surface area (Å²) in [6.45, 7) is 0. The number of benzene rings is 8. The second-order valence-electron chi connectivity index (χ2n) is 11.9. The number of para-hydroxylation sites is 2. The Hall–Kier alpha value is -6.38. The summed E-state index contributed by atoms with van der Waals surface area (Å²) in [6.07, 6.45) is 4.38. The number of ether oxygens (including phenoxy) is 2. The third-order valence-electron chi connectivity index (χ3n) is 8.53. The van der Waals surface area contributed by atoms with E-state index in [4.69, 9.17) is 9.47 Å². The fourth-order valence-electron chi connectivity index (χ4n) is 5.97. The van der Waals surface area contributed by atoms with Crippen LogP contribution in [-0.4, -0.2) is 0 Å². The molecule has 8 aromatic carbocycles. The summed E-state index contributed by atoms with van der Waals surface area (Å²) in [5.74, 6) is 3.33. The Kier molecular flexibility index (Phi) is 7.96. The molecular formula is C46H32O2. The molecule has 0 aliphatic heterocycles. The zero-order valence-electron chi connectivity index (χ0n) is 26.3. The minimum Gasteiger partial charge on any atom is -0.457 e. The zero-order valence-corrected chi connectivity index (χ0v) is 26.3. The van der Waals surface area contributed by atoms with E-state index in [9.17, 15) is 0 Å². The van der Waals surface area contributed by atoms with Crippen molar-refractivity contribution in [2.45, 2.75) is 0 Å². The molecule has 0 N–H and O–H groups in total. The van der Waals surface area contributed by atoms with Crippen molar-refractivity contribution in [1.29, 1.82) is 0 Å². The van der Waals surface area contributed by atoms with Gasteiger partial charge >= 0.3 is 0 Å². The Morgan fingerprint density at radius 3 is 1.02 bits per heavy atom. The highest BCUT2D eigenvalue weighted by atomic mass is 16.5. The van der Waals surface area contributed by atoms with E-state index in [1.807, 2.05) is 84.9 Å². The average Bonchev–Trinajstić information content (AvgIpc) is 3.15. The van der Waals surface area contributed by atoms with Gasteiger partial charge in [0.25, 0.3) is 0 Å². The van der Waals surface area contributed by atoms with E-state index in [1.165, 1.54) is 43.8 Å². The molecule has 0 aromatic heterocycles. The van der Waals surface area contributed by atoms with Crippen molar-refractivity contribution in [3.63, 3.8) is 0 Å². The Morgan fingerprint density at radius 1 is 0.271 bits per heavy atom.